The van der Waals surface area contributed by atoms with Crippen molar-refractivity contribution in [3.63, 3.8) is 0 Å². The van der Waals surface area contributed by atoms with Crippen molar-refractivity contribution in [1.82, 2.24) is 10.3 Å². The minimum Gasteiger partial charge on any atom is -0.384 e. The first-order valence-electron chi connectivity index (χ1n) is 7.91. The number of carbonyl (C=O) groups excluding carboxylic acids is 1. The Morgan fingerprint density at radius 1 is 1.14 bits per heavy atom. The number of nitrogens with zero attached hydrogens (tertiary/aromatic N) is 1. The molecule has 4 saturated carbocycles. The SMILES string of the molecule is Nc1ccc(NC(=O)NC23CC4CC(CC(C4)C2)C3)cn1. The molecule has 0 unspecified atom stereocenters. The number of pyridine rings is 1. The van der Waals surface area contributed by atoms with Gasteiger partial charge in [-0.05, 0) is 68.4 Å². The molecule has 5 rings (SSSR count). The van der Waals surface area contributed by atoms with Crippen LogP contribution in [-0.2, 0) is 0 Å². The molecular formula is C16H22N4O. The highest BCUT2D eigenvalue weighted by molar-refractivity contribution is 5.89. The molecule has 4 fully saturated rings. The summed E-state index contributed by atoms with van der Waals surface area (Å²) in [6.45, 7) is 0. The molecule has 0 saturated heterocycles. The molecule has 4 bridgehead atoms. The van der Waals surface area contributed by atoms with Gasteiger partial charge in [0.1, 0.15) is 5.82 Å². The number of nitrogens with one attached hydrogen (secondary N) is 2. The second-order valence-corrected chi connectivity index (χ2v) is 7.25. The van der Waals surface area contributed by atoms with E-state index in [-0.39, 0.29) is 11.6 Å². The largest absolute Gasteiger partial charge is 0.384 e. The molecule has 1 heterocycles. The highest BCUT2D eigenvalue weighted by Crippen LogP contribution is 2.55. The lowest BCUT2D eigenvalue weighted by Crippen LogP contribution is -2.60. The third-order valence-corrected chi connectivity index (χ3v) is 5.46. The summed E-state index contributed by atoms with van der Waals surface area (Å²) in [6, 6.07) is 3.37. The van der Waals surface area contributed by atoms with Crippen molar-refractivity contribution < 1.29 is 4.79 Å². The predicted molar refractivity (Wildman–Crippen MR) is 81.7 cm³/mol. The van der Waals surface area contributed by atoms with Gasteiger partial charge in [0.2, 0.25) is 0 Å². The number of nitrogen functional groups attached to an aromatic ring is 1. The summed E-state index contributed by atoms with van der Waals surface area (Å²) in [6.07, 6.45) is 9.21. The quantitative estimate of drug-likeness (QED) is 0.782. The van der Waals surface area contributed by atoms with E-state index in [1.165, 1.54) is 19.3 Å². The summed E-state index contributed by atoms with van der Waals surface area (Å²) in [5.41, 5.74) is 6.28. The van der Waals surface area contributed by atoms with Gasteiger partial charge in [-0.15, -0.1) is 0 Å². The topological polar surface area (TPSA) is 80.0 Å². The van der Waals surface area contributed by atoms with Crippen LogP contribution in [0.5, 0.6) is 0 Å². The van der Waals surface area contributed by atoms with E-state index in [2.05, 4.69) is 15.6 Å². The summed E-state index contributed by atoms with van der Waals surface area (Å²) in [5.74, 6) is 2.95. The zero-order valence-corrected chi connectivity index (χ0v) is 12.1. The Morgan fingerprint density at radius 2 is 1.76 bits per heavy atom. The van der Waals surface area contributed by atoms with E-state index in [0.717, 1.165) is 37.0 Å². The third-order valence-electron chi connectivity index (χ3n) is 5.46. The minimum atomic E-state index is -0.108. The fraction of sp³-hybridized carbons (Fsp3) is 0.625. The summed E-state index contributed by atoms with van der Waals surface area (Å²) in [5, 5.41) is 6.15. The normalized spacial score (nSPS) is 36.5. The number of carbonyl (C=O) groups is 1. The molecule has 0 aromatic carbocycles. The number of nitrogens with two attached hydrogens (primary N) is 1. The van der Waals surface area contributed by atoms with Crippen LogP contribution in [0.2, 0.25) is 0 Å². The molecule has 0 spiro atoms. The Morgan fingerprint density at radius 3 is 2.29 bits per heavy atom. The van der Waals surface area contributed by atoms with Crippen molar-refractivity contribution in [2.45, 2.75) is 44.1 Å². The molecule has 4 N–H and O–H groups in total. The summed E-state index contributed by atoms with van der Waals surface area (Å²) >= 11 is 0. The minimum absolute atomic E-state index is 0.0417. The van der Waals surface area contributed by atoms with Crippen molar-refractivity contribution in [3.05, 3.63) is 18.3 Å². The number of urea groups is 1. The van der Waals surface area contributed by atoms with Crippen LogP contribution < -0.4 is 16.4 Å². The predicted octanol–water partition coefficient (Wildman–Crippen LogP) is 2.75. The van der Waals surface area contributed by atoms with Crippen LogP contribution in [0.1, 0.15) is 38.5 Å². The first-order chi connectivity index (χ1) is 10.1. The van der Waals surface area contributed by atoms with E-state index < -0.39 is 0 Å². The van der Waals surface area contributed by atoms with Gasteiger partial charge in [-0.2, -0.15) is 0 Å². The maximum absolute atomic E-state index is 12.3. The van der Waals surface area contributed by atoms with Gasteiger partial charge in [-0.3, -0.25) is 0 Å². The standard InChI is InChI=1S/C16H22N4O/c17-14-2-1-13(9-18-14)19-15(21)20-16-6-10-3-11(7-16)5-12(4-10)8-16/h1-2,9-12H,3-8H2,(H2,17,18)(H2,19,20,21). The molecule has 4 aliphatic carbocycles. The summed E-state index contributed by atoms with van der Waals surface area (Å²) in [7, 11) is 0. The van der Waals surface area contributed by atoms with Gasteiger partial charge in [-0.1, -0.05) is 0 Å². The number of aromatic nitrogens is 1. The van der Waals surface area contributed by atoms with Gasteiger partial charge >= 0.3 is 6.03 Å². The Labute approximate surface area is 124 Å². The lowest BCUT2D eigenvalue weighted by Gasteiger charge is -2.56. The molecule has 1 aromatic rings. The molecule has 21 heavy (non-hydrogen) atoms. The van der Waals surface area contributed by atoms with E-state index in [4.69, 9.17) is 5.73 Å². The Balaban J connectivity index is 1.43. The van der Waals surface area contributed by atoms with Crippen molar-refractivity contribution in [2.75, 3.05) is 11.1 Å². The number of hydrogen-bond donors (Lipinski definition) is 3. The highest BCUT2D eigenvalue weighted by Gasteiger charge is 2.51. The van der Waals surface area contributed by atoms with E-state index in [0.29, 0.717) is 11.5 Å². The van der Waals surface area contributed by atoms with Crippen molar-refractivity contribution in [2.24, 2.45) is 17.8 Å². The third kappa shape index (κ3) is 2.45. The van der Waals surface area contributed by atoms with Crippen molar-refractivity contribution in [1.29, 1.82) is 0 Å². The monoisotopic (exact) mass is 286 g/mol. The molecule has 4 aliphatic rings. The number of hydrogen-bond acceptors (Lipinski definition) is 3. The lowest BCUT2D eigenvalue weighted by molar-refractivity contribution is -0.0127. The molecule has 5 heteroatoms. The molecule has 1 aromatic heterocycles. The van der Waals surface area contributed by atoms with E-state index >= 15 is 0 Å². The molecule has 5 nitrogen and oxygen atoms in total. The van der Waals surface area contributed by atoms with Crippen LogP contribution in [0.25, 0.3) is 0 Å². The molecule has 0 radical (unpaired) electrons. The van der Waals surface area contributed by atoms with E-state index in [9.17, 15) is 4.79 Å². The highest BCUT2D eigenvalue weighted by atomic mass is 16.2. The van der Waals surface area contributed by atoms with E-state index in [1.54, 1.807) is 18.3 Å². The van der Waals surface area contributed by atoms with Gasteiger partial charge in [0, 0.05) is 5.54 Å². The molecular weight excluding hydrogens is 264 g/mol. The van der Waals surface area contributed by atoms with Gasteiger partial charge in [0.05, 0.1) is 11.9 Å². The van der Waals surface area contributed by atoms with Crippen LogP contribution in [0.3, 0.4) is 0 Å². The second kappa shape index (κ2) is 4.61. The Kier molecular flexibility index (Phi) is 2.84. The molecule has 0 atom stereocenters. The number of amides is 2. The number of rotatable bonds is 2. The average molecular weight is 286 g/mol. The Bertz CT molecular complexity index is 519. The van der Waals surface area contributed by atoms with Crippen LogP contribution in [-0.4, -0.2) is 16.6 Å². The van der Waals surface area contributed by atoms with Crippen LogP contribution in [0.15, 0.2) is 18.3 Å². The maximum atomic E-state index is 12.3. The zero-order chi connectivity index (χ0) is 14.4. The van der Waals surface area contributed by atoms with Gasteiger partial charge < -0.3 is 16.4 Å². The van der Waals surface area contributed by atoms with Crippen LogP contribution in [0.4, 0.5) is 16.3 Å². The number of anilines is 2. The summed E-state index contributed by atoms with van der Waals surface area (Å²) < 4.78 is 0. The molecule has 0 aliphatic heterocycles. The fourth-order valence-corrected chi connectivity index (χ4v) is 5.15. The smallest absolute Gasteiger partial charge is 0.319 e. The van der Waals surface area contributed by atoms with Crippen LogP contribution in [0, 0.1) is 17.8 Å². The van der Waals surface area contributed by atoms with Crippen molar-refractivity contribution in [3.8, 4) is 0 Å². The van der Waals surface area contributed by atoms with Gasteiger partial charge in [-0.25, -0.2) is 9.78 Å². The Hall–Kier alpha value is -1.78. The van der Waals surface area contributed by atoms with Gasteiger partial charge in [0.15, 0.2) is 0 Å². The van der Waals surface area contributed by atoms with Crippen LogP contribution >= 0.6 is 0 Å². The maximum Gasteiger partial charge on any atom is 0.319 e. The first kappa shape index (κ1) is 12.9. The molecule has 2 amide bonds. The zero-order valence-electron chi connectivity index (χ0n) is 12.1. The van der Waals surface area contributed by atoms with Crippen molar-refractivity contribution >= 4 is 17.5 Å². The fourth-order valence-electron chi connectivity index (χ4n) is 5.15. The molecule has 112 valence electrons. The summed E-state index contributed by atoms with van der Waals surface area (Å²) in [4.78, 5) is 16.3. The first-order valence-corrected chi connectivity index (χ1v) is 7.91. The average Bonchev–Trinajstić information content (AvgIpc) is 2.39. The lowest BCUT2D eigenvalue weighted by atomic mass is 9.53. The van der Waals surface area contributed by atoms with Gasteiger partial charge in [0.25, 0.3) is 0 Å². The second-order valence-electron chi connectivity index (χ2n) is 7.25. The van der Waals surface area contributed by atoms with E-state index in [1.807, 2.05) is 0 Å².